The SMILES string of the molecule is Cc1cc(F)cc(NCc2ccc(O)c(Br)c2)c1. The number of aromatic hydroxyl groups is 1. The summed E-state index contributed by atoms with van der Waals surface area (Å²) in [6.45, 7) is 2.42. The van der Waals surface area contributed by atoms with Crippen molar-refractivity contribution in [2.45, 2.75) is 13.5 Å². The van der Waals surface area contributed by atoms with Gasteiger partial charge < -0.3 is 10.4 Å². The van der Waals surface area contributed by atoms with Crippen LogP contribution in [-0.2, 0) is 6.54 Å². The van der Waals surface area contributed by atoms with Crippen LogP contribution in [0.2, 0.25) is 0 Å². The summed E-state index contributed by atoms with van der Waals surface area (Å²) in [6.07, 6.45) is 0. The van der Waals surface area contributed by atoms with Gasteiger partial charge in [0.1, 0.15) is 11.6 Å². The standard InChI is InChI=1S/C14H13BrFNO/c1-9-4-11(16)7-12(5-9)17-8-10-2-3-14(18)13(15)6-10/h2-7,17-18H,8H2,1H3. The number of phenols is 1. The molecule has 4 heteroatoms. The first-order valence-corrected chi connectivity index (χ1v) is 6.32. The van der Waals surface area contributed by atoms with Crippen molar-refractivity contribution < 1.29 is 9.50 Å². The van der Waals surface area contributed by atoms with Crippen LogP contribution >= 0.6 is 15.9 Å². The molecule has 2 N–H and O–H groups in total. The molecule has 2 aromatic rings. The van der Waals surface area contributed by atoms with Crippen LogP contribution in [0.5, 0.6) is 5.75 Å². The van der Waals surface area contributed by atoms with Gasteiger partial charge in [0.2, 0.25) is 0 Å². The summed E-state index contributed by atoms with van der Waals surface area (Å²) in [7, 11) is 0. The topological polar surface area (TPSA) is 32.3 Å². The number of benzene rings is 2. The number of phenolic OH excluding ortho intramolecular Hbond substituents is 1. The molecule has 0 spiro atoms. The smallest absolute Gasteiger partial charge is 0.129 e. The molecule has 2 rings (SSSR count). The van der Waals surface area contributed by atoms with Gasteiger partial charge in [-0.05, 0) is 64.3 Å². The summed E-state index contributed by atoms with van der Waals surface area (Å²) in [5, 5.41) is 12.5. The maximum atomic E-state index is 13.2. The molecule has 0 saturated heterocycles. The first-order valence-electron chi connectivity index (χ1n) is 5.53. The van der Waals surface area contributed by atoms with Crippen molar-refractivity contribution in [3.05, 3.63) is 57.8 Å². The molecule has 0 amide bonds. The van der Waals surface area contributed by atoms with Crippen molar-refractivity contribution in [1.29, 1.82) is 0 Å². The first-order chi connectivity index (χ1) is 8.54. The van der Waals surface area contributed by atoms with E-state index in [4.69, 9.17) is 0 Å². The lowest BCUT2D eigenvalue weighted by atomic mass is 10.2. The zero-order chi connectivity index (χ0) is 13.1. The zero-order valence-electron chi connectivity index (χ0n) is 9.87. The second kappa shape index (κ2) is 5.40. The molecule has 0 radical (unpaired) electrons. The largest absolute Gasteiger partial charge is 0.507 e. The maximum Gasteiger partial charge on any atom is 0.129 e. The third-order valence-electron chi connectivity index (χ3n) is 2.55. The highest BCUT2D eigenvalue weighted by atomic mass is 79.9. The van der Waals surface area contributed by atoms with E-state index < -0.39 is 0 Å². The number of anilines is 1. The van der Waals surface area contributed by atoms with Gasteiger partial charge in [0.15, 0.2) is 0 Å². The highest BCUT2D eigenvalue weighted by molar-refractivity contribution is 9.10. The zero-order valence-corrected chi connectivity index (χ0v) is 11.5. The number of hydrogen-bond donors (Lipinski definition) is 2. The molecule has 0 aliphatic heterocycles. The predicted molar refractivity (Wildman–Crippen MR) is 74.3 cm³/mol. The summed E-state index contributed by atoms with van der Waals surface area (Å²) in [5.74, 6) is -0.0373. The van der Waals surface area contributed by atoms with Crippen molar-refractivity contribution in [1.82, 2.24) is 0 Å². The molecule has 2 aromatic carbocycles. The van der Waals surface area contributed by atoms with E-state index in [-0.39, 0.29) is 11.6 Å². The predicted octanol–water partition coefficient (Wildman–Crippen LogP) is 4.21. The highest BCUT2D eigenvalue weighted by Crippen LogP contribution is 2.24. The van der Waals surface area contributed by atoms with E-state index in [0.717, 1.165) is 16.8 Å². The first kappa shape index (κ1) is 12.9. The molecule has 18 heavy (non-hydrogen) atoms. The molecule has 0 atom stereocenters. The van der Waals surface area contributed by atoms with Gasteiger partial charge in [-0.3, -0.25) is 0 Å². The Labute approximate surface area is 114 Å². The van der Waals surface area contributed by atoms with Crippen molar-refractivity contribution in [2.24, 2.45) is 0 Å². The van der Waals surface area contributed by atoms with E-state index in [1.54, 1.807) is 6.07 Å². The van der Waals surface area contributed by atoms with E-state index in [9.17, 15) is 9.50 Å². The van der Waals surface area contributed by atoms with Gasteiger partial charge in [0.25, 0.3) is 0 Å². The van der Waals surface area contributed by atoms with Crippen molar-refractivity contribution in [3.8, 4) is 5.75 Å². The molecule has 0 aromatic heterocycles. The van der Waals surface area contributed by atoms with Gasteiger partial charge in [-0.15, -0.1) is 0 Å². The Hall–Kier alpha value is -1.55. The molecule has 0 bridgehead atoms. The normalized spacial score (nSPS) is 10.4. The molecule has 0 unspecified atom stereocenters. The van der Waals surface area contributed by atoms with Crippen LogP contribution in [0, 0.1) is 12.7 Å². The average Bonchev–Trinajstić information content (AvgIpc) is 2.29. The van der Waals surface area contributed by atoms with Crippen LogP contribution in [-0.4, -0.2) is 5.11 Å². The van der Waals surface area contributed by atoms with Gasteiger partial charge in [0.05, 0.1) is 4.47 Å². The highest BCUT2D eigenvalue weighted by Gasteiger charge is 2.01. The lowest BCUT2D eigenvalue weighted by Crippen LogP contribution is -2.00. The van der Waals surface area contributed by atoms with Crippen LogP contribution in [0.15, 0.2) is 40.9 Å². The quantitative estimate of drug-likeness (QED) is 0.890. The molecule has 2 nitrogen and oxygen atoms in total. The van der Waals surface area contributed by atoms with Crippen molar-refractivity contribution >= 4 is 21.6 Å². The molecule has 0 saturated carbocycles. The van der Waals surface area contributed by atoms with E-state index in [0.29, 0.717) is 11.0 Å². The van der Waals surface area contributed by atoms with Crippen LogP contribution in [0.1, 0.15) is 11.1 Å². The van der Waals surface area contributed by atoms with Gasteiger partial charge in [-0.25, -0.2) is 4.39 Å². The summed E-state index contributed by atoms with van der Waals surface area (Å²) in [6, 6.07) is 10.1. The van der Waals surface area contributed by atoms with E-state index in [1.807, 2.05) is 25.1 Å². The van der Waals surface area contributed by atoms with Gasteiger partial charge >= 0.3 is 0 Å². The van der Waals surface area contributed by atoms with Crippen LogP contribution in [0.3, 0.4) is 0 Å². The van der Waals surface area contributed by atoms with Crippen molar-refractivity contribution in [3.63, 3.8) is 0 Å². The summed E-state index contributed by atoms with van der Waals surface area (Å²) >= 11 is 3.26. The number of nitrogens with one attached hydrogen (secondary N) is 1. The maximum absolute atomic E-state index is 13.2. The summed E-state index contributed by atoms with van der Waals surface area (Å²) < 4.78 is 13.8. The number of rotatable bonds is 3. The van der Waals surface area contributed by atoms with E-state index in [2.05, 4.69) is 21.2 Å². The number of hydrogen-bond acceptors (Lipinski definition) is 2. The lowest BCUT2D eigenvalue weighted by Gasteiger charge is -2.08. The minimum atomic E-state index is -0.246. The summed E-state index contributed by atoms with van der Waals surface area (Å²) in [4.78, 5) is 0. The van der Waals surface area contributed by atoms with Gasteiger partial charge in [0, 0.05) is 12.2 Å². The average molecular weight is 310 g/mol. The fraction of sp³-hybridized carbons (Fsp3) is 0.143. The Morgan fingerprint density at radius 2 is 2.00 bits per heavy atom. The molecule has 0 aliphatic rings. The fourth-order valence-corrected chi connectivity index (χ4v) is 2.13. The molecular weight excluding hydrogens is 297 g/mol. The molecule has 0 aliphatic carbocycles. The van der Waals surface area contributed by atoms with E-state index >= 15 is 0 Å². The van der Waals surface area contributed by atoms with Crippen LogP contribution in [0.25, 0.3) is 0 Å². The van der Waals surface area contributed by atoms with Crippen LogP contribution in [0.4, 0.5) is 10.1 Å². The van der Waals surface area contributed by atoms with Gasteiger partial charge in [-0.1, -0.05) is 6.07 Å². The second-order valence-electron chi connectivity index (χ2n) is 4.16. The molecule has 0 heterocycles. The Balaban J connectivity index is 2.08. The minimum absolute atomic E-state index is 0.209. The molecular formula is C14H13BrFNO. The Morgan fingerprint density at radius 3 is 2.67 bits per heavy atom. The lowest BCUT2D eigenvalue weighted by molar-refractivity contribution is 0.471. The Morgan fingerprint density at radius 1 is 1.22 bits per heavy atom. The monoisotopic (exact) mass is 309 g/mol. The molecule has 94 valence electrons. The van der Waals surface area contributed by atoms with E-state index in [1.165, 1.54) is 12.1 Å². The van der Waals surface area contributed by atoms with Crippen LogP contribution < -0.4 is 5.32 Å². The third-order valence-corrected chi connectivity index (χ3v) is 3.19. The number of aryl methyl sites for hydroxylation is 1. The second-order valence-corrected chi connectivity index (χ2v) is 5.01. The molecule has 0 fully saturated rings. The Bertz CT molecular complexity index is 551. The number of halogens is 2. The van der Waals surface area contributed by atoms with Gasteiger partial charge in [-0.2, -0.15) is 0 Å². The Kier molecular flexibility index (Phi) is 3.87. The third kappa shape index (κ3) is 3.23. The fourth-order valence-electron chi connectivity index (χ4n) is 1.70. The van der Waals surface area contributed by atoms with Crippen molar-refractivity contribution in [2.75, 3.05) is 5.32 Å². The summed E-state index contributed by atoms with van der Waals surface area (Å²) in [5.41, 5.74) is 2.63. The minimum Gasteiger partial charge on any atom is -0.507 e.